The summed E-state index contributed by atoms with van der Waals surface area (Å²) in [5.74, 6) is -0.0235. The normalized spacial score (nSPS) is 12.4. The molecule has 0 radical (unpaired) electrons. The van der Waals surface area contributed by atoms with Crippen molar-refractivity contribution in [2.24, 2.45) is 7.05 Å². The zero-order valence-electron chi connectivity index (χ0n) is 12.1. The molecule has 0 amide bonds. The summed E-state index contributed by atoms with van der Waals surface area (Å²) in [6, 6.07) is 1.33. The third-order valence-corrected chi connectivity index (χ3v) is 3.21. The summed E-state index contributed by atoms with van der Waals surface area (Å²) < 4.78 is 16.6. The maximum absolute atomic E-state index is 13.8. The molecule has 0 aliphatic rings. The molecular weight excluding hydrogens is 259 g/mol. The van der Waals surface area contributed by atoms with Crippen molar-refractivity contribution in [1.29, 1.82) is 0 Å². The number of hydrogen-bond acceptors (Lipinski definition) is 3. The molecule has 1 unspecified atom stereocenters. The van der Waals surface area contributed by atoms with Gasteiger partial charge in [0.05, 0.1) is 6.20 Å². The van der Waals surface area contributed by atoms with Gasteiger partial charge in [0.1, 0.15) is 11.5 Å². The van der Waals surface area contributed by atoms with Crippen LogP contribution in [0.1, 0.15) is 27.3 Å². The fourth-order valence-corrected chi connectivity index (χ4v) is 2.01. The first-order chi connectivity index (χ1) is 9.42. The average Bonchev–Trinajstić information content (AvgIpc) is 2.72. The molecular formula is C14H21FN4O. The van der Waals surface area contributed by atoms with Gasteiger partial charge in [0.2, 0.25) is 0 Å². The van der Waals surface area contributed by atoms with Gasteiger partial charge in [0.25, 0.3) is 5.56 Å². The largest absolute Gasteiger partial charge is 0.378 e. The van der Waals surface area contributed by atoms with E-state index in [0.29, 0.717) is 5.82 Å². The van der Waals surface area contributed by atoms with Crippen LogP contribution in [0.15, 0.2) is 23.3 Å². The second-order valence-electron chi connectivity index (χ2n) is 5.01. The van der Waals surface area contributed by atoms with E-state index in [1.807, 2.05) is 20.8 Å². The minimum absolute atomic E-state index is 0. The standard InChI is InChI=1S/C14H19FN4O.H2/c1-5-10(3)16-12-6-11(15)8-19(14(12)20)13-9(2)7-18(4)17-13;/h6-8,10,16H,5H2,1-4H3;1H. The Balaban J connectivity index is 0.00000220. The van der Waals surface area contributed by atoms with Crippen LogP contribution in [-0.2, 0) is 7.05 Å². The van der Waals surface area contributed by atoms with Crippen molar-refractivity contribution in [2.75, 3.05) is 5.32 Å². The summed E-state index contributed by atoms with van der Waals surface area (Å²) in [6.07, 6.45) is 3.80. The molecule has 0 spiro atoms. The van der Waals surface area contributed by atoms with Crippen LogP contribution >= 0.6 is 0 Å². The fourth-order valence-electron chi connectivity index (χ4n) is 2.01. The first-order valence-electron chi connectivity index (χ1n) is 6.61. The van der Waals surface area contributed by atoms with Crippen LogP contribution in [-0.4, -0.2) is 20.4 Å². The number of aromatic nitrogens is 3. The highest BCUT2D eigenvalue weighted by Crippen LogP contribution is 2.13. The van der Waals surface area contributed by atoms with Gasteiger partial charge in [-0.3, -0.25) is 14.0 Å². The quantitative estimate of drug-likeness (QED) is 0.936. The zero-order valence-corrected chi connectivity index (χ0v) is 12.1. The topological polar surface area (TPSA) is 51.9 Å². The number of rotatable bonds is 4. The number of hydrogen-bond donors (Lipinski definition) is 1. The maximum Gasteiger partial charge on any atom is 0.279 e. The van der Waals surface area contributed by atoms with Crippen LogP contribution in [0.5, 0.6) is 0 Å². The van der Waals surface area contributed by atoms with E-state index >= 15 is 0 Å². The Bertz CT molecular complexity index is 680. The molecule has 2 aromatic heterocycles. The molecule has 1 N–H and O–H groups in total. The molecule has 0 bridgehead atoms. The SMILES string of the molecule is CCC(C)Nc1cc(F)cn(-c2nn(C)cc2C)c1=O.[HH]. The Morgan fingerprint density at radius 2 is 2.20 bits per heavy atom. The molecule has 0 aliphatic heterocycles. The molecule has 2 aromatic rings. The van der Waals surface area contributed by atoms with Gasteiger partial charge in [-0.1, -0.05) is 6.92 Å². The predicted molar refractivity (Wildman–Crippen MR) is 79.0 cm³/mol. The van der Waals surface area contributed by atoms with Crippen molar-refractivity contribution < 1.29 is 5.82 Å². The van der Waals surface area contributed by atoms with Crippen LogP contribution in [0.25, 0.3) is 5.82 Å². The van der Waals surface area contributed by atoms with Gasteiger partial charge >= 0.3 is 0 Å². The van der Waals surface area contributed by atoms with Gasteiger partial charge in [-0.25, -0.2) is 4.39 Å². The number of halogens is 1. The van der Waals surface area contributed by atoms with E-state index in [9.17, 15) is 9.18 Å². The maximum atomic E-state index is 13.8. The summed E-state index contributed by atoms with van der Waals surface area (Å²) in [6.45, 7) is 5.78. The van der Waals surface area contributed by atoms with Crippen molar-refractivity contribution in [1.82, 2.24) is 14.3 Å². The lowest BCUT2D eigenvalue weighted by atomic mass is 10.2. The first-order valence-corrected chi connectivity index (χ1v) is 6.61. The summed E-state index contributed by atoms with van der Waals surface area (Å²) in [7, 11) is 1.76. The van der Waals surface area contributed by atoms with Gasteiger partial charge in [0, 0.05) is 32.3 Å². The summed E-state index contributed by atoms with van der Waals surface area (Å²) in [5.41, 5.74) is 0.771. The van der Waals surface area contributed by atoms with Crippen molar-refractivity contribution in [2.45, 2.75) is 33.2 Å². The highest BCUT2D eigenvalue weighted by atomic mass is 19.1. The molecule has 1 atom stereocenters. The van der Waals surface area contributed by atoms with E-state index in [4.69, 9.17) is 0 Å². The van der Waals surface area contributed by atoms with Crippen molar-refractivity contribution in [3.63, 3.8) is 0 Å². The summed E-state index contributed by atoms with van der Waals surface area (Å²) in [4.78, 5) is 12.4. The number of pyridine rings is 1. The molecule has 20 heavy (non-hydrogen) atoms. The Kier molecular flexibility index (Phi) is 3.92. The summed E-state index contributed by atoms with van der Waals surface area (Å²) >= 11 is 0. The Morgan fingerprint density at radius 1 is 1.50 bits per heavy atom. The Labute approximate surface area is 118 Å². The third kappa shape index (κ3) is 2.74. The molecule has 0 aliphatic carbocycles. The minimum atomic E-state index is -0.472. The van der Waals surface area contributed by atoms with Crippen molar-refractivity contribution >= 4 is 5.69 Å². The van der Waals surface area contributed by atoms with Crippen LogP contribution in [0, 0.1) is 12.7 Å². The highest BCUT2D eigenvalue weighted by Gasteiger charge is 2.13. The van der Waals surface area contributed by atoms with E-state index < -0.39 is 5.82 Å². The summed E-state index contributed by atoms with van der Waals surface area (Å²) in [5, 5.41) is 7.24. The van der Waals surface area contributed by atoms with E-state index in [-0.39, 0.29) is 18.7 Å². The zero-order chi connectivity index (χ0) is 14.9. The van der Waals surface area contributed by atoms with E-state index in [1.165, 1.54) is 16.8 Å². The van der Waals surface area contributed by atoms with E-state index in [2.05, 4.69) is 10.4 Å². The second-order valence-corrected chi connectivity index (χ2v) is 5.01. The lowest BCUT2D eigenvalue weighted by Crippen LogP contribution is -2.26. The van der Waals surface area contributed by atoms with Crippen LogP contribution in [0.4, 0.5) is 10.1 Å². The molecule has 0 saturated heterocycles. The molecule has 0 fully saturated rings. The monoisotopic (exact) mass is 280 g/mol. The molecule has 0 aromatic carbocycles. The molecule has 110 valence electrons. The predicted octanol–water partition coefficient (Wildman–Crippen LogP) is 2.47. The van der Waals surface area contributed by atoms with Gasteiger partial charge in [-0.05, 0) is 20.3 Å². The van der Waals surface area contributed by atoms with Gasteiger partial charge in [-0.2, -0.15) is 5.10 Å². The number of nitrogens with one attached hydrogen (secondary N) is 1. The van der Waals surface area contributed by atoms with Crippen molar-refractivity contribution in [3.8, 4) is 5.82 Å². The minimum Gasteiger partial charge on any atom is -0.378 e. The first kappa shape index (κ1) is 14.3. The van der Waals surface area contributed by atoms with Crippen LogP contribution in [0.3, 0.4) is 0 Å². The fraction of sp³-hybridized carbons (Fsp3) is 0.429. The third-order valence-electron chi connectivity index (χ3n) is 3.21. The van der Waals surface area contributed by atoms with Gasteiger partial charge in [-0.15, -0.1) is 0 Å². The van der Waals surface area contributed by atoms with E-state index in [1.54, 1.807) is 17.9 Å². The molecule has 5 nitrogen and oxygen atoms in total. The van der Waals surface area contributed by atoms with Gasteiger partial charge < -0.3 is 5.32 Å². The Hall–Kier alpha value is -2.11. The smallest absolute Gasteiger partial charge is 0.279 e. The van der Waals surface area contributed by atoms with Crippen molar-refractivity contribution in [3.05, 3.63) is 40.2 Å². The van der Waals surface area contributed by atoms with E-state index in [0.717, 1.165) is 12.0 Å². The number of aryl methyl sites for hydroxylation is 2. The second kappa shape index (κ2) is 5.48. The molecule has 2 rings (SSSR count). The van der Waals surface area contributed by atoms with Crippen LogP contribution in [0.2, 0.25) is 0 Å². The van der Waals surface area contributed by atoms with Gasteiger partial charge in [0.15, 0.2) is 5.82 Å². The average molecular weight is 280 g/mol. The number of anilines is 1. The lowest BCUT2D eigenvalue weighted by molar-refractivity contribution is 0.609. The number of nitrogens with zero attached hydrogens (tertiary/aromatic N) is 3. The molecule has 6 heteroatoms. The highest BCUT2D eigenvalue weighted by molar-refractivity contribution is 5.45. The molecule has 2 heterocycles. The van der Waals surface area contributed by atoms with Crippen LogP contribution < -0.4 is 10.9 Å². The lowest BCUT2D eigenvalue weighted by Gasteiger charge is -2.14. The molecule has 0 saturated carbocycles. The Morgan fingerprint density at radius 3 is 2.75 bits per heavy atom.